The summed E-state index contributed by atoms with van der Waals surface area (Å²) in [5.41, 5.74) is 2.08. The molecule has 1 saturated heterocycles. The molecular weight excluding hydrogens is 436 g/mol. The molecule has 0 aliphatic carbocycles. The summed E-state index contributed by atoms with van der Waals surface area (Å²) in [5, 5.41) is 11.3. The Hall–Kier alpha value is -3.65. The Labute approximate surface area is 198 Å². The minimum atomic E-state index is -0.769. The predicted molar refractivity (Wildman–Crippen MR) is 126 cm³/mol. The standard InChI is InChI=1S/C26H28N2O6/c1-15-13-19-14-18(7-10-21(19)33-15)24(30)22-23(17-5-8-20(9-6-17)34-16(2)29)28(12-11-27(3)4)26(32)25(22)31/h5-10,14-15,23,30H,11-13H2,1-4H3/b24-22-. The molecule has 1 N–H and O–H groups in total. The van der Waals surface area contributed by atoms with Crippen molar-refractivity contribution in [3.8, 4) is 11.5 Å². The third kappa shape index (κ3) is 4.54. The average Bonchev–Trinajstić information content (AvgIpc) is 3.27. The molecule has 2 atom stereocenters. The van der Waals surface area contributed by atoms with E-state index < -0.39 is 23.7 Å². The molecule has 2 aliphatic rings. The van der Waals surface area contributed by atoms with Gasteiger partial charge in [-0.05, 0) is 62.5 Å². The number of fused-ring (bicyclic) bond motifs is 1. The van der Waals surface area contributed by atoms with Crippen molar-refractivity contribution in [2.75, 3.05) is 27.2 Å². The van der Waals surface area contributed by atoms with Crippen LogP contribution in [0.5, 0.6) is 11.5 Å². The number of carbonyl (C=O) groups is 3. The summed E-state index contributed by atoms with van der Waals surface area (Å²) in [5.74, 6) is -0.935. The Morgan fingerprint density at radius 3 is 2.53 bits per heavy atom. The molecule has 0 aromatic heterocycles. The van der Waals surface area contributed by atoms with Gasteiger partial charge in [0.25, 0.3) is 11.7 Å². The van der Waals surface area contributed by atoms with Crippen molar-refractivity contribution in [3.63, 3.8) is 0 Å². The Bertz CT molecular complexity index is 1170. The van der Waals surface area contributed by atoms with Crippen LogP contribution in [0.4, 0.5) is 0 Å². The Morgan fingerprint density at radius 2 is 1.88 bits per heavy atom. The second-order valence-electron chi connectivity index (χ2n) is 8.91. The molecule has 2 aliphatic heterocycles. The van der Waals surface area contributed by atoms with Gasteiger partial charge >= 0.3 is 5.97 Å². The maximum absolute atomic E-state index is 13.1. The van der Waals surface area contributed by atoms with E-state index in [1.807, 2.05) is 32.0 Å². The molecule has 1 amide bonds. The van der Waals surface area contributed by atoms with Gasteiger partial charge in [-0.1, -0.05) is 12.1 Å². The molecule has 2 unspecified atom stereocenters. The van der Waals surface area contributed by atoms with E-state index in [0.717, 1.165) is 11.3 Å². The lowest BCUT2D eigenvalue weighted by molar-refractivity contribution is -0.140. The Kier molecular flexibility index (Phi) is 6.43. The number of nitrogens with zero attached hydrogens (tertiary/aromatic N) is 2. The van der Waals surface area contributed by atoms with Crippen LogP contribution in [0, 0.1) is 0 Å². The number of rotatable bonds is 6. The van der Waals surface area contributed by atoms with Gasteiger partial charge < -0.3 is 24.4 Å². The van der Waals surface area contributed by atoms with Crippen molar-refractivity contribution >= 4 is 23.4 Å². The van der Waals surface area contributed by atoms with E-state index in [9.17, 15) is 19.5 Å². The van der Waals surface area contributed by atoms with Crippen molar-refractivity contribution in [1.29, 1.82) is 0 Å². The summed E-state index contributed by atoms with van der Waals surface area (Å²) in [7, 11) is 3.76. The number of hydrogen-bond acceptors (Lipinski definition) is 7. The number of aliphatic hydroxyl groups excluding tert-OH is 1. The summed E-state index contributed by atoms with van der Waals surface area (Å²) < 4.78 is 10.8. The molecule has 0 bridgehead atoms. The summed E-state index contributed by atoms with van der Waals surface area (Å²) in [4.78, 5) is 40.8. The lowest BCUT2D eigenvalue weighted by atomic mass is 9.94. The number of Topliss-reactive ketones (excluding diaryl/α,β-unsaturated/α-hetero) is 1. The van der Waals surface area contributed by atoms with Crippen molar-refractivity contribution in [2.45, 2.75) is 32.4 Å². The molecule has 0 spiro atoms. The number of benzene rings is 2. The van der Waals surface area contributed by atoms with E-state index in [2.05, 4.69) is 0 Å². The number of esters is 1. The van der Waals surface area contributed by atoms with Gasteiger partial charge in [-0.3, -0.25) is 14.4 Å². The van der Waals surface area contributed by atoms with E-state index in [4.69, 9.17) is 9.47 Å². The van der Waals surface area contributed by atoms with Crippen LogP contribution < -0.4 is 9.47 Å². The molecule has 4 rings (SSSR count). The van der Waals surface area contributed by atoms with Gasteiger partial charge in [-0.2, -0.15) is 0 Å². The second-order valence-corrected chi connectivity index (χ2v) is 8.91. The fourth-order valence-corrected chi connectivity index (χ4v) is 4.37. The number of ketones is 1. The monoisotopic (exact) mass is 464 g/mol. The molecule has 178 valence electrons. The smallest absolute Gasteiger partial charge is 0.308 e. The van der Waals surface area contributed by atoms with Crippen molar-refractivity contribution in [2.24, 2.45) is 0 Å². The number of aliphatic hydroxyl groups is 1. The summed E-state index contributed by atoms with van der Waals surface area (Å²) >= 11 is 0. The predicted octanol–water partition coefficient (Wildman–Crippen LogP) is 2.92. The van der Waals surface area contributed by atoms with Gasteiger partial charge in [0.05, 0.1) is 11.6 Å². The van der Waals surface area contributed by atoms with Crippen molar-refractivity contribution in [3.05, 3.63) is 64.7 Å². The van der Waals surface area contributed by atoms with Gasteiger partial charge in [-0.25, -0.2) is 0 Å². The average molecular weight is 465 g/mol. The molecular formula is C26H28N2O6. The molecule has 8 nitrogen and oxygen atoms in total. The lowest BCUT2D eigenvalue weighted by Gasteiger charge is -2.26. The SMILES string of the molecule is CC(=O)Oc1ccc(C2/C(=C(/O)c3ccc4c(c3)CC(C)O4)C(=O)C(=O)N2CCN(C)C)cc1. The molecule has 34 heavy (non-hydrogen) atoms. The highest BCUT2D eigenvalue weighted by atomic mass is 16.5. The van der Waals surface area contributed by atoms with Gasteiger partial charge in [-0.15, -0.1) is 0 Å². The highest BCUT2D eigenvalue weighted by Gasteiger charge is 2.46. The summed E-state index contributed by atoms with van der Waals surface area (Å²) in [6.45, 7) is 4.13. The van der Waals surface area contributed by atoms with E-state index in [1.165, 1.54) is 11.8 Å². The number of likely N-dealkylation sites (tertiary alicyclic amines) is 1. The summed E-state index contributed by atoms with van der Waals surface area (Å²) in [6, 6.07) is 11.1. The van der Waals surface area contributed by atoms with Gasteiger partial charge in [0.15, 0.2) is 0 Å². The molecule has 2 aromatic rings. The number of hydrogen-bond donors (Lipinski definition) is 1. The molecule has 1 fully saturated rings. The van der Waals surface area contributed by atoms with E-state index in [1.54, 1.807) is 36.4 Å². The fraction of sp³-hybridized carbons (Fsp3) is 0.346. The van der Waals surface area contributed by atoms with Crippen LogP contribution in [0.25, 0.3) is 5.76 Å². The van der Waals surface area contributed by atoms with Crippen LogP contribution in [0.15, 0.2) is 48.0 Å². The van der Waals surface area contributed by atoms with Crippen LogP contribution in [-0.2, 0) is 20.8 Å². The van der Waals surface area contributed by atoms with Crippen LogP contribution in [-0.4, -0.2) is 65.9 Å². The first-order chi connectivity index (χ1) is 16.2. The highest BCUT2D eigenvalue weighted by Crippen LogP contribution is 2.40. The molecule has 0 saturated carbocycles. The quantitative estimate of drug-likeness (QED) is 0.231. The Balaban J connectivity index is 1.78. The zero-order valence-electron chi connectivity index (χ0n) is 19.7. The number of likely N-dealkylation sites (N-methyl/N-ethyl adjacent to an activating group) is 1. The van der Waals surface area contributed by atoms with Crippen LogP contribution >= 0.6 is 0 Å². The Morgan fingerprint density at radius 1 is 1.18 bits per heavy atom. The fourth-order valence-electron chi connectivity index (χ4n) is 4.37. The van der Waals surface area contributed by atoms with Crippen LogP contribution in [0.1, 0.15) is 36.6 Å². The van der Waals surface area contributed by atoms with E-state index >= 15 is 0 Å². The molecule has 8 heteroatoms. The lowest BCUT2D eigenvalue weighted by Crippen LogP contribution is -2.35. The molecule has 2 aromatic carbocycles. The number of carbonyl (C=O) groups excluding carboxylic acids is 3. The third-order valence-electron chi connectivity index (χ3n) is 5.95. The van der Waals surface area contributed by atoms with Crippen LogP contribution in [0.2, 0.25) is 0 Å². The third-order valence-corrected chi connectivity index (χ3v) is 5.95. The minimum absolute atomic E-state index is 0.0379. The topological polar surface area (TPSA) is 96.4 Å². The van der Waals surface area contributed by atoms with Gasteiger partial charge in [0.1, 0.15) is 23.4 Å². The second kappa shape index (κ2) is 9.30. The maximum atomic E-state index is 13.1. The van der Waals surface area contributed by atoms with Crippen molar-refractivity contribution in [1.82, 2.24) is 9.80 Å². The largest absolute Gasteiger partial charge is 0.507 e. The normalized spacial score (nSPS) is 21.0. The highest BCUT2D eigenvalue weighted by molar-refractivity contribution is 6.46. The molecule has 0 radical (unpaired) electrons. The first-order valence-electron chi connectivity index (χ1n) is 11.2. The van der Waals surface area contributed by atoms with E-state index in [-0.39, 0.29) is 17.4 Å². The van der Waals surface area contributed by atoms with Crippen LogP contribution in [0.3, 0.4) is 0 Å². The van der Waals surface area contributed by atoms with Crippen molar-refractivity contribution < 1.29 is 29.0 Å². The van der Waals surface area contributed by atoms with E-state index in [0.29, 0.717) is 36.4 Å². The first-order valence-corrected chi connectivity index (χ1v) is 11.2. The number of amides is 1. The zero-order chi connectivity index (χ0) is 24.6. The van der Waals surface area contributed by atoms with Gasteiger partial charge in [0, 0.05) is 32.0 Å². The number of ether oxygens (including phenoxy) is 2. The minimum Gasteiger partial charge on any atom is -0.507 e. The molecule has 2 heterocycles. The van der Waals surface area contributed by atoms with Gasteiger partial charge in [0.2, 0.25) is 0 Å². The zero-order valence-corrected chi connectivity index (χ0v) is 19.7. The summed E-state index contributed by atoms with van der Waals surface area (Å²) in [6.07, 6.45) is 0.744. The maximum Gasteiger partial charge on any atom is 0.308 e. The first kappa shape index (κ1) is 23.5.